The monoisotopic (exact) mass is 327 g/mol. The topological polar surface area (TPSA) is 90.0 Å². The lowest BCUT2D eigenvalue weighted by atomic mass is 9.87. The van der Waals surface area contributed by atoms with Gasteiger partial charge in [-0.2, -0.15) is 0 Å². The molecule has 1 rings (SSSR count). The molecule has 7 nitrogen and oxygen atoms in total. The van der Waals surface area contributed by atoms with E-state index < -0.39 is 11.5 Å². The van der Waals surface area contributed by atoms with Gasteiger partial charge in [-0.05, 0) is 25.7 Å². The molecule has 3 amide bonds. The lowest BCUT2D eigenvalue weighted by Gasteiger charge is -2.36. The zero-order valence-electron chi connectivity index (χ0n) is 14.6. The number of hydrogen-bond donors (Lipinski definition) is 2. The Bertz CT molecular complexity index is 439. The smallest absolute Gasteiger partial charge is 0.319 e. The molecule has 0 unspecified atom stereocenters. The number of nitrogens with one attached hydrogen (secondary N) is 1. The predicted molar refractivity (Wildman–Crippen MR) is 87.1 cm³/mol. The largest absolute Gasteiger partial charge is 0.481 e. The third-order valence-corrected chi connectivity index (χ3v) is 4.75. The summed E-state index contributed by atoms with van der Waals surface area (Å²) in [6.45, 7) is 4.90. The Balaban J connectivity index is 2.62. The molecule has 1 heterocycles. The maximum absolute atomic E-state index is 12.5. The van der Waals surface area contributed by atoms with Crippen molar-refractivity contribution < 1.29 is 19.5 Å². The molecule has 0 radical (unpaired) electrons. The van der Waals surface area contributed by atoms with Gasteiger partial charge in [-0.3, -0.25) is 9.59 Å². The molecule has 23 heavy (non-hydrogen) atoms. The van der Waals surface area contributed by atoms with Gasteiger partial charge >= 0.3 is 12.0 Å². The van der Waals surface area contributed by atoms with Gasteiger partial charge in [-0.25, -0.2) is 4.79 Å². The van der Waals surface area contributed by atoms with E-state index in [1.165, 1.54) is 4.90 Å². The van der Waals surface area contributed by atoms with Crippen LogP contribution in [0.15, 0.2) is 0 Å². The highest BCUT2D eigenvalue weighted by atomic mass is 16.4. The highest BCUT2D eigenvalue weighted by Gasteiger charge is 2.35. The van der Waals surface area contributed by atoms with E-state index >= 15 is 0 Å². The molecule has 0 bridgehead atoms. The first-order chi connectivity index (χ1) is 10.7. The molecule has 0 aliphatic carbocycles. The standard InChI is InChI=1S/C16H29N3O4/c1-5-16(6-2,11-13(20)21)17-14(22)12-7-9-19(10-8-12)15(23)18(3)4/h12H,5-11H2,1-4H3,(H,17,22)(H,20,21). The van der Waals surface area contributed by atoms with Crippen LogP contribution in [0.4, 0.5) is 4.79 Å². The Morgan fingerprint density at radius 1 is 1.17 bits per heavy atom. The van der Waals surface area contributed by atoms with Gasteiger partial charge in [-0.15, -0.1) is 0 Å². The van der Waals surface area contributed by atoms with Crippen LogP contribution in [-0.4, -0.2) is 65.5 Å². The molecule has 0 aromatic heterocycles. The Hall–Kier alpha value is -1.79. The molecule has 132 valence electrons. The summed E-state index contributed by atoms with van der Waals surface area (Å²) >= 11 is 0. The Kier molecular flexibility index (Phi) is 6.84. The van der Waals surface area contributed by atoms with Gasteiger partial charge in [0, 0.05) is 38.6 Å². The first-order valence-corrected chi connectivity index (χ1v) is 8.24. The van der Waals surface area contributed by atoms with Crippen molar-refractivity contribution >= 4 is 17.9 Å². The molecule has 1 saturated heterocycles. The minimum Gasteiger partial charge on any atom is -0.481 e. The van der Waals surface area contributed by atoms with E-state index in [-0.39, 0.29) is 24.3 Å². The molecule has 0 atom stereocenters. The fraction of sp³-hybridized carbons (Fsp3) is 0.812. The van der Waals surface area contributed by atoms with Gasteiger partial charge in [-0.1, -0.05) is 13.8 Å². The van der Waals surface area contributed by atoms with Gasteiger partial charge in [0.15, 0.2) is 0 Å². The molecule has 0 aromatic carbocycles. The zero-order valence-corrected chi connectivity index (χ0v) is 14.6. The third-order valence-electron chi connectivity index (χ3n) is 4.75. The summed E-state index contributed by atoms with van der Waals surface area (Å²) in [5, 5.41) is 12.0. The molecule has 1 aliphatic rings. The average molecular weight is 327 g/mol. The Morgan fingerprint density at radius 3 is 2.09 bits per heavy atom. The molecule has 1 aliphatic heterocycles. The summed E-state index contributed by atoms with van der Waals surface area (Å²) in [7, 11) is 3.42. The van der Waals surface area contributed by atoms with Gasteiger partial charge in [0.05, 0.1) is 6.42 Å². The van der Waals surface area contributed by atoms with E-state index in [1.54, 1.807) is 19.0 Å². The normalized spacial score (nSPS) is 16.1. The minimum absolute atomic E-state index is 0.0359. The first-order valence-electron chi connectivity index (χ1n) is 8.24. The second-order valence-electron chi connectivity index (χ2n) is 6.49. The molecule has 0 aromatic rings. The molecular formula is C16H29N3O4. The Labute approximate surface area is 138 Å². The van der Waals surface area contributed by atoms with Crippen molar-refractivity contribution in [1.82, 2.24) is 15.1 Å². The number of carbonyl (C=O) groups is 3. The van der Waals surface area contributed by atoms with E-state index in [0.29, 0.717) is 38.8 Å². The molecule has 2 N–H and O–H groups in total. The summed E-state index contributed by atoms with van der Waals surface area (Å²) in [6, 6.07) is -0.0359. The second-order valence-corrected chi connectivity index (χ2v) is 6.49. The highest BCUT2D eigenvalue weighted by Crippen LogP contribution is 2.24. The van der Waals surface area contributed by atoms with Gasteiger partial charge in [0.2, 0.25) is 5.91 Å². The summed E-state index contributed by atoms with van der Waals surface area (Å²) in [6.07, 6.45) is 2.33. The number of hydrogen-bond acceptors (Lipinski definition) is 3. The van der Waals surface area contributed by atoms with Crippen LogP contribution in [0.5, 0.6) is 0 Å². The molecule has 0 saturated carbocycles. The van der Waals surface area contributed by atoms with Crippen molar-refractivity contribution in [3.05, 3.63) is 0 Å². The predicted octanol–water partition coefficient (Wildman–Crippen LogP) is 1.53. The van der Waals surface area contributed by atoms with Crippen molar-refractivity contribution in [2.45, 2.75) is 51.5 Å². The van der Waals surface area contributed by atoms with Crippen molar-refractivity contribution in [3.8, 4) is 0 Å². The number of likely N-dealkylation sites (tertiary alicyclic amines) is 1. The van der Waals surface area contributed by atoms with Crippen molar-refractivity contribution in [1.29, 1.82) is 0 Å². The van der Waals surface area contributed by atoms with Crippen molar-refractivity contribution in [3.63, 3.8) is 0 Å². The van der Waals surface area contributed by atoms with Crippen LogP contribution in [0.2, 0.25) is 0 Å². The number of nitrogens with zero attached hydrogens (tertiary/aromatic N) is 2. The lowest BCUT2D eigenvalue weighted by molar-refractivity contribution is -0.139. The molecular weight excluding hydrogens is 298 g/mol. The summed E-state index contributed by atoms with van der Waals surface area (Å²) in [4.78, 5) is 38.8. The van der Waals surface area contributed by atoms with Crippen LogP contribution >= 0.6 is 0 Å². The zero-order chi connectivity index (χ0) is 17.6. The SMILES string of the molecule is CCC(CC)(CC(=O)O)NC(=O)C1CCN(C(=O)N(C)C)CC1. The van der Waals surface area contributed by atoms with Crippen LogP contribution in [-0.2, 0) is 9.59 Å². The van der Waals surface area contributed by atoms with Crippen LogP contribution < -0.4 is 5.32 Å². The summed E-state index contributed by atoms with van der Waals surface area (Å²) in [5.74, 6) is -1.15. The third kappa shape index (κ3) is 5.11. The number of urea groups is 1. The quantitative estimate of drug-likeness (QED) is 0.774. The Morgan fingerprint density at radius 2 is 1.70 bits per heavy atom. The average Bonchev–Trinajstić information content (AvgIpc) is 2.52. The number of carboxylic acids is 1. The molecule has 1 fully saturated rings. The van der Waals surface area contributed by atoms with E-state index in [9.17, 15) is 14.4 Å². The summed E-state index contributed by atoms with van der Waals surface area (Å²) < 4.78 is 0. The van der Waals surface area contributed by atoms with Crippen molar-refractivity contribution in [2.75, 3.05) is 27.2 Å². The number of piperidine rings is 1. The van der Waals surface area contributed by atoms with Gasteiger partial charge in [0.1, 0.15) is 0 Å². The van der Waals surface area contributed by atoms with Crippen LogP contribution in [0.3, 0.4) is 0 Å². The first kappa shape index (κ1) is 19.3. The van der Waals surface area contributed by atoms with Crippen LogP contribution in [0.25, 0.3) is 0 Å². The number of amides is 3. The van der Waals surface area contributed by atoms with Gasteiger partial charge in [0.25, 0.3) is 0 Å². The van der Waals surface area contributed by atoms with E-state index in [0.717, 1.165) is 0 Å². The maximum atomic E-state index is 12.5. The summed E-state index contributed by atoms with van der Waals surface area (Å²) in [5.41, 5.74) is -0.681. The number of carboxylic acid groups (broad SMARTS) is 1. The van der Waals surface area contributed by atoms with E-state index in [2.05, 4.69) is 5.32 Å². The molecule has 7 heteroatoms. The lowest BCUT2D eigenvalue weighted by Crippen LogP contribution is -2.53. The van der Waals surface area contributed by atoms with Gasteiger partial charge < -0.3 is 20.2 Å². The fourth-order valence-corrected chi connectivity index (χ4v) is 2.99. The van der Waals surface area contributed by atoms with Crippen molar-refractivity contribution in [2.24, 2.45) is 5.92 Å². The van der Waals surface area contributed by atoms with Crippen LogP contribution in [0.1, 0.15) is 46.0 Å². The fourth-order valence-electron chi connectivity index (χ4n) is 2.99. The second kappa shape index (κ2) is 8.17. The highest BCUT2D eigenvalue weighted by molar-refractivity contribution is 5.81. The maximum Gasteiger partial charge on any atom is 0.319 e. The number of aliphatic carboxylic acids is 1. The molecule has 0 spiro atoms. The van der Waals surface area contributed by atoms with Crippen LogP contribution in [0, 0.1) is 5.92 Å². The number of carbonyl (C=O) groups excluding carboxylic acids is 2. The van der Waals surface area contributed by atoms with E-state index in [1.807, 2.05) is 13.8 Å². The minimum atomic E-state index is -0.902. The van der Waals surface area contributed by atoms with E-state index in [4.69, 9.17) is 5.11 Å². The number of rotatable bonds is 6.